The molecule has 0 spiro atoms. The molecule has 0 atom stereocenters. The normalized spacial score (nSPS) is 14.5. The number of hydrogen-bond donors (Lipinski definition) is 7. The second-order valence-corrected chi connectivity index (χ2v) is 26.1. The van der Waals surface area contributed by atoms with Crippen molar-refractivity contribution in [2.24, 2.45) is 5.73 Å². The summed E-state index contributed by atoms with van der Waals surface area (Å²) in [5, 5.41) is 6.75. The molecule has 10 aromatic rings. The molecule has 0 radical (unpaired) electrons. The van der Waals surface area contributed by atoms with Crippen LogP contribution in [-0.2, 0) is 38.4 Å². The molecule has 0 bridgehead atoms. The number of primary amides is 1. The number of nitrogen functional groups attached to an aromatic ring is 2. The minimum absolute atomic E-state index is 0.0224. The first-order valence-electron chi connectivity index (χ1n) is 33.6. The highest BCUT2D eigenvalue weighted by Crippen LogP contribution is 2.38. The number of carbonyl (C=O) groups excluding carboxylic acids is 7. The van der Waals surface area contributed by atoms with Crippen molar-refractivity contribution >= 4 is 132 Å². The van der Waals surface area contributed by atoms with Gasteiger partial charge in [0.25, 0.3) is 23.6 Å². The smallest absolute Gasteiger partial charge is 0.273 e. The summed E-state index contributed by atoms with van der Waals surface area (Å²) >= 11 is 2.20. The third-order valence-corrected chi connectivity index (χ3v) is 19.5. The number of nitrogens with two attached hydrogens (primary N) is 3. The Bertz CT molecular complexity index is 4790. The number of amides is 4. The molecule has 1 saturated carbocycles. The van der Waals surface area contributed by atoms with Gasteiger partial charge in [-0.05, 0) is 102 Å². The molecule has 1 aliphatic heterocycles. The molecule has 3 aliphatic carbocycles. The van der Waals surface area contributed by atoms with E-state index in [1.165, 1.54) is 36.9 Å². The minimum atomic E-state index is -0.506. The van der Waals surface area contributed by atoms with Crippen molar-refractivity contribution in [3.63, 3.8) is 0 Å². The number of hydrogen-bond acceptors (Lipinski definition) is 17. The molecule has 524 valence electrons. The SMILES string of the molecule is CCCCCC(=O)CN(C(=O)c1snc(C(=O)NC2CCCCC2)c1N)c1ccc(OC)cc1OC.CCc1ncc(/C=C2\C(=O)Cc3ccccc32)[nH]1.COc1ccccc1/C=C1\C(=O)Nc2ccccc21.NC(=O)c1sc2ccccc2c1N.O=C1Cc2ccccc2/C1=C/c1cnc[nH]1. The zero-order valence-corrected chi connectivity index (χ0v) is 59.1. The van der Waals surface area contributed by atoms with Crippen LogP contribution >= 0.6 is 22.9 Å². The molecule has 23 heteroatoms. The van der Waals surface area contributed by atoms with Crippen LogP contribution in [0.25, 0.3) is 45.0 Å². The van der Waals surface area contributed by atoms with E-state index >= 15 is 0 Å². The van der Waals surface area contributed by atoms with Crippen LogP contribution in [0.2, 0.25) is 0 Å². The monoisotopic (exact) mass is 1410 g/mol. The van der Waals surface area contributed by atoms with Crippen LogP contribution in [0.15, 0.2) is 158 Å². The fourth-order valence-corrected chi connectivity index (χ4v) is 13.9. The Balaban J connectivity index is 0.000000145. The van der Waals surface area contributed by atoms with Crippen LogP contribution in [-0.4, -0.2) is 99.2 Å². The number of unbranched alkanes of at least 4 members (excludes halogenated alkanes) is 2. The van der Waals surface area contributed by atoms with Crippen molar-refractivity contribution in [3.05, 3.63) is 224 Å². The standard InChI is InChI=1S/C26H36N4O5S.C16H13NO2.C15H14N2O.C13H10N2O.C9H8N2OS/c1-4-5-7-12-18(31)16-30(20-14-13-19(34-2)15-21(20)35-3)26(33)24-22(27)23(29-36-24)25(32)28-17-10-8-6-9-11-17;1-19-15-9-5-2-6-11(15)10-13-12-7-3-4-8-14(12)17-16(13)18;1-2-15-16-9-11(17-15)8-13-12-6-4-3-5-10(12)7-14(13)18;16-13-5-9-3-1-2-4-11(9)12(13)6-10-7-14-8-15-10;10-7-5-3-1-2-4-6(5)13-8(7)9(11)12/h13-15,17H,4-12,16,27H2,1-3H3,(H,28,32);2-10H,1H3,(H,17,18);3-6,8-9H,2,7H2,1H3,(H,16,17);1-4,6-8H,5H2,(H,14,15);1-4H,10H2,(H2,11,12)/b;13-10-;13-8-;12-6-;. The number of H-pyrrole nitrogens is 2. The van der Waals surface area contributed by atoms with Gasteiger partial charge in [0, 0.05) is 81.4 Å². The number of nitrogens with one attached hydrogen (secondary N) is 4. The lowest BCUT2D eigenvalue weighted by Gasteiger charge is -2.24. The van der Waals surface area contributed by atoms with Gasteiger partial charge in [0.1, 0.15) is 32.8 Å². The predicted molar refractivity (Wildman–Crippen MR) is 405 cm³/mol. The molecule has 4 aliphatic rings. The van der Waals surface area contributed by atoms with Gasteiger partial charge in [0.15, 0.2) is 23.0 Å². The zero-order valence-electron chi connectivity index (χ0n) is 57.4. The Hall–Kier alpha value is -11.6. The first-order chi connectivity index (χ1) is 49.5. The van der Waals surface area contributed by atoms with E-state index in [2.05, 4.69) is 41.9 Å². The van der Waals surface area contributed by atoms with Gasteiger partial charge in [-0.25, -0.2) is 9.97 Å². The molecular weight excluding hydrogens is 1330 g/mol. The van der Waals surface area contributed by atoms with Crippen LogP contribution in [0.4, 0.5) is 22.7 Å². The summed E-state index contributed by atoms with van der Waals surface area (Å²) < 4.78 is 21.3. The lowest BCUT2D eigenvalue weighted by Crippen LogP contribution is -2.37. The number of thiophene rings is 1. The highest BCUT2D eigenvalue weighted by molar-refractivity contribution is 7.21. The number of para-hydroxylation sites is 2. The molecule has 4 amide bonds. The summed E-state index contributed by atoms with van der Waals surface area (Å²) in [6, 6.07) is 43.9. The van der Waals surface area contributed by atoms with Crippen molar-refractivity contribution in [1.82, 2.24) is 29.6 Å². The van der Waals surface area contributed by atoms with Crippen LogP contribution in [0.5, 0.6) is 17.2 Å². The number of carbonyl (C=O) groups is 7. The fourth-order valence-electron chi connectivity index (χ4n) is 12.1. The molecule has 6 aromatic carbocycles. The number of imidazole rings is 2. The number of benzene rings is 6. The number of nitrogens with zero attached hydrogens (tertiary/aromatic N) is 4. The number of ketones is 3. The van der Waals surface area contributed by atoms with Gasteiger partial charge in [-0.2, -0.15) is 4.37 Å². The van der Waals surface area contributed by atoms with Gasteiger partial charge in [-0.1, -0.05) is 149 Å². The Morgan fingerprint density at radius 3 is 1.96 bits per heavy atom. The van der Waals surface area contributed by atoms with Gasteiger partial charge in [0.2, 0.25) is 0 Å². The summed E-state index contributed by atoms with van der Waals surface area (Å²) in [6.07, 6.45) is 20.8. The zero-order chi connectivity index (χ0) is 72.2. The van der Waals surface area contributed by atoms with Crippen LogP contribution in [0.3, 0.4) is 0 Å². The molecule has 14 rings (SSSR count). The second kappa shape index (κ2) is 35.0. The van der Waals surface area contributed by atoms with Crippen molar-refractivity contribution in [2.75, 3.05) is 49.6 Å². The second-order valence-electron chi connectivity index (χ2n) is 24.3. The van der Waals surface area contributed by atoms with E-state index in [1.54, 1.807) is 44.0 Å². The Kier molecular flexibility index (Phi) is 25.1. The first-order valence-corrected chi connectivity index (χ1v) is 35.2. The van der Waals surface area contributed by atoms with E-state index in [0.717, 1.165) is 146 Å². The number of fused-ring (bicyclic) bond motifs is 4. The molecule has 4 aromatic heterocycles. The average Bonchev–Trinajstić information content (AvgIpc) is 1.44. The van der Waals surface area contributed by atoms with E-state index in [0.29, 0.717) is 52.6 Å². The number of rotatable bonds is 18. The molecule has 0 saturated heterocycles. The number of aryl methyl sites for hydroxylation is 1. The van der Waals surface area contributed by atoms with Gasteiger partial charge < -0.3 is 52.0 Å². The summed E-state index contributed by atoms with van der Waals surface area (Å²) in [4.78, 5) is 102. The molecule has 21 nitrogen and oxygen atoms in total. The number of aromatic nitrogens is 5. The molecule has 1 fully saturated rings. The highest BCUT2D eigenvalue weighted by atomic mass is 32.1. The first kappa shape index (κ1) is 73.2. The van der Waals surface area contributed by atoms with Crippen LogP contribution < -0.4 is 46.9 Å². The van der Waals surface area contributed by atoms with Gasteiger partial charge in [-0.15, -0.1) is 11.3 Å². The summed E-state index contributed by atoms with van der Waals surface area (Å²) in [5.41, 5.74) is 29.2. The summed E-state index contributed by atoms with van der Waals surface area (Å²) in [5.74, 6) is 1.50. The molecular formula is C79H81N11O10S2. The fraction of sp³-hybridized carbons (Fsp3) is 0.241. The highest BCUT2D eigenvalue weighted by Gasteiger charge is 2.32. The third-order valence-electron chi connectivity index (χ3n) is 17.4. The number of methoxy groups -OCH3 is 3. The van der Waals surface area contributed by atoms with E-state index in [1.807, 2.05) is 146 Å². The minimum Gasteiger partial charge on any atom is -0.497 e. The molecule has 102 heavy (non-hydrogen) atoms. The number of ether oxygens (including phenoxy) is 3. The third kappa shape index (κ3) is 17.9. The predicted octanol–water partition coefficient (Wildman–Crippen LogP) is 14.1. The molecule has 10 N–H and O–H groups in total. The van der Waals surface area contributed by atoms with Crippen molar-refractivity contribution < 1.29 is 47.8 Å². The topological polar surface area (TPSA) is 323 Å². The quantitative estimate of drug-likeness (QED) is 0.0310. The average molecular weight is 1410 g/mol. The Morgan fingerprint density at radius 2 is 1.32 bits per heavy atom. The summed E-state index contributed by atoms with van der Waals surface area (Å²) in [6.45, 7) is 3.97. The maximum Gasteiger partial charge on any atom is 0.273 e. The largest absolute Gasteiger partial charge is 0.497 e. The van der Waals surface area contributed by atoms with E-state index in [-0.39, 0.29) is 58.0 Å². The molecule has 5 heterocycles. The molecule has 0 unspecified atom stereocenters. The van der Waals surface area contributed by atoms with E-state index < -0.39 is 11.8 Å². The lowest BCUT2D eigenvalue weighted by molar-refractivity contribution is -0.118. The van der Waals surface area contributed by atoms with Gasteiger partial charge in [-0.3, -0.25) is 38.5 Å². The lowest BCUT2D eigenvalue weighted by atomic mass is 9.95. The van der Waals surface area contributed by atoms with Crippen LogP contribution in [0.1, 0.15) is 152 Å². The maximum atomic E-state index is 13.7. The van der Waals surface area contributed by atoms with E-state index in [4.69, 9.17) is 31.4 Å². The van der Waals surface area contributed by atoms with Crippen molar-refractivity contribution in [1.29, 1.82) is 0 Å². The van der Waals surface area contributed by atoms with Crippen molar-refractivity contribution in [3.8, 4) is 17.2 Å². The summed E-state index contributed by atoms with van der Waals surface area (Å²) in [7, 11) is 4.64. The Morgan fingerprint density at radius 1 is 0.676 bits per heavy atom. The number of anilines is 4. The maximum absolute atomic E-state index is 13.7. The number of aromatic amines is 2. The number of Topliss-reactive ketones (excluding diaryl/α,β-unsaturated/α-hetero) is 3. The van der Waals surface area contributed by atoms with Gasteiger partial charge >= 0.3 is 0 Å². The number of allylic oxidation sites excluding steroid dienone is 2. The Labute approximate surface area is 599 Å². The van der Waals surface area contributed by atoms with E-state index in [9.17, 15) is 33.6 Å². The van der Waals surface area contributed by atoms with Gasteiger partial charge in [0.05, 0.1) is 75.0 Å². The van der Waals surface area contributed by atoms with Crippen molar-refractivity contribution in [2.45, 2.75) is 96.9 Å². The van der Waals surface area contributed by atoms with Crippen LogP contribution in [0, 0.1) is 0 Å².